The lowest BCUT2D eigenvalue weighted by atomic mass is 10.2. The SMILES string of the molecule is O=C(O)c1ccc(Br)cc1OCc1ccc(F)cc1Cl. The van der Waals surface area contributed by atoms with Crippen LogP contribution in [0.5, 0.6) is 5.75 Å². The maximum Gasteiger partial charge on any atom is 0.339 e. The van der Waals surface area contributed by atoms with E-state index < -0.39 is 11.8 Å². The molecule has 0 aliphatic heterocycles. The number of hydrogen-bond acceptors (Lipinski definition) is 2. The van der Waals surface area contributed by atoms with E-state index in [0.717, 1.165) is 0 Å². The highest BCUT2D eigenvalue weighted by Crippen LogP contribution is 2.26. The summed E-state index contributed by atoms with van der Waals surface area (Å²) >= 11 is 9.13. The van der Waals surface area contributed by atoms with E-state index in [1.165, 1.54) is 24.3 Å². The van der Waals surface area contributed by atoms with E-state index in [1.54, 1.807) is 12.1 Å². The van der Waals surface area contributed by atoms with Crippen molar-refractivity contribution in [3.8, 4) is 5.75 Å². The second-order valence-corrected chi connectivity index (χ2v) is 5.29. The number of aromatic carboxylic acids is 1. The van der Waals surface area contributed by atoms with Crippen molar-refractivity contribution in [3.63, 3.8) is 0 Å². The third kappa shape index (κ3) is 3.49. The summed E-state index contributed by atoms with van der Waals surface area (Å²) in [6, 6.07) is 8.55. The number of carbonyl (C=O) groups is 1. The van der Waals surface area contributed by atoms with Crippen LogP contribution in [0.2, 0.25) is 5.02 Å². The molecule has 0 aliphatic carbocycles. The van der Waals surface area contributed by atoms with Crippen LogP contribution in [0.3, 0.4) is 0 Å². The minimum atomic E-state index is -1.09. The van der Waals surface area contributed by atoms with Gasteiger partial charge in [-0.15, -0.1) is 0 Å². The number of rotatable bonds is 4. The molecule has 0 aromatic heterocycles. The fourth-order valence-electron chi connectivity index (χ4n) is 1.59. The smallest absolute Gasteiger partial charge is 0.339 e. The highest BCUT2D eigenvalue weighted by atomic mass is 79.9. The van der Waals surface area contributed by atoms with E-state index in [9.17, 15) is 9.18 Å². The van der Waals surface area contributed by atoms with E-state index >= 15 is 0 Å². The fourth-order valence-corrected chi connectivity index (χ4v) is 2.15. The van der Waals surface area contributed by atoms with Gasteiger partial charge in [-0.1, -0.05) is 33.6 Å². The summed E-state index contributed by atoms with van der Waals surface area (Å²) in [4.78, 5) is 11.1. The first kappa shape index (κ1) is 14.8. The molecule has 0 heterocycles. The third-order valence-corrected chi connectivity index (χ3v) is 3.42. The van der Waals surface area contributed by atoms with Gasteiger partial charge in [-0.3, -0.25) is 0 Å². The fraction of sp³-hybridized carbons (Fsp3) is 0.0714. The van der Waals surface area contributed by atoms with Gasteiger partial charge in [-0.05, 0) is 30.3 Å². The van der Waals surface area contributed by atoms with Crippen LogP contribution in [0.1, 0.15) is 15.9 Å². The van der Waals surface area contributed by atoms with Gasteiger partial charge in [-0.25, -0.2) is 9.18 Å². The van der Waals surface area contributed by atoms with Crippen LogP contribution < -0.4 is 4.74 Å². The molecule has 2 aromatic rings. The molecule has 0 saturated heterocycles. The Morgan fingerprint density at radius 1 is 1.30 bits per heavy atom. The first-order chi connectivity index (χ1) is 9.47. The highest BCUT2D eigenvalue weighted by Gasteiger charge is 2.12. The molecule has 0 spiro atoms. The predicted molar refractivity (Wildman–Crippen MR) is 76.8 cm³/mol. The molecule has 0 saturated carbocycles. The Bertz CT molecular complexity index is 661. The van der Waals surface area contributed by atoms with Crippen molar-refractivity contribution >= 4 is 33.5 Å². The van der Waals surface area contributed by atoms with Gasteiger partial charge in [0.15, 0.2) is 0 Å². The summed E-state index contributed by atoms with van der Waals surface area (Å²) < 4.78 is 19.1. The normalized spacial score (nSPS) is 10.3. The van der Waals surface area contributed by atoms with Crippen LogP contribution in [-0.2, 0) is 6.61 Å². The Morgan fingerprint density at radius 2 is 2.05 bits per heavy atom. The molecule has 0 bridgehead atoms. The van der Waals surface area contributed by atoms with Crippen molar-refractivity contribution < 1.29 is 19.0 Å². The zero-order chi connectivity index (χ0) is 14.7. The molecule has 0 aliphatic rings. The average molecular weight is 360 g/mol. The molecule has 3 nitrogen and oxygen atoms in total. The quantitative estimate of drug-likeness (QED) is 0.873. The standard InChI is InChI=1S/C14H9BrClFO3/c15-9-2-4-11(14(18)19)13(5-9)20-7-8-1-3-10(17)6-12(8)16/h1-6H,7H2,(H,18,19). The van der Waals surface area contributed by atoms with Crippen LogP contribution in [0.4, 0.5) is 4.39 Å². The Hall–Kier alpha value is -1.59. The van der Waals surface area contributed by atoms with Crippen molar-refractivity contribution in [1.82, 2.24) is 0 Å². The van der Waals surface area contributed by atoms with Crippen LogP contribution in [-0.4, -0.2) is 11.1 Å². The zero-order valence-corrected chi connectivity index (χ0v) is 12.4. The monoisotopic (exact) mass is 358 g/mol. The Morgan fingerprint density at radius 3 is 2.70 bits per heavy atom. The molecular weight excluding hydrogens is 351 g/mol. The van der Waals surface area contributed by atoms with Gasteiger partial charge >= 0.3 is 5.97 Å². The Labute approximate surface area is 128 Å². The van der Waals surface area contributed by atoms with Gasteiger partial charge in [0.05, 0.1) is 5.02 Å². The molecule has 0 unspecified atom stereocenters. The molecule has 0 radical (unpaired) electrons. The van der Waals surface area contributed by atoms with Crippen molar-refractivity contribution in [3.05, 3.63) is 62.8 Å². The lowest BCUT2D eigenvalue weighted by Crippen LogP contribution is -2.04. The van der Waals surface area contributed by atoms with Crippen LogP contribution in [0.25, 0.3) is 0 Å². The first-order valence-electron chi connectivity index (χ1n) is 5.57. The van der Waals surface area contributed by atoms with Crippen molar-refractivity contribution in [1.29, 1.82) is 0 Å². The Kier molecular flexibility index (Phi) is 4.62. The summed E-state index contributed by atoms with van der Waals surface area (Å²) in [5.74, 6) is -1.31. The van der Waals surface area contributed by atoms with Crippen LogP contribution in [0.15, 0.2) is 40.9 Å². The van der Waals surface area contributed by atoms with Gasteiger partial charge in [0.2, 0.25) is 0 Å². The van der Waals surface area contributed by atoms with Crippen molar-refractivity contribution in [2.45, 2.75) is 6.61 Å². The van der Waals surface area contributed by atoms with Gasteiger partial charge < -0.3 is 9.84 Å². The van der Waals surface area contributed by atoms with Crippen LogP contribution >= 0.6 is 27.5 Å². The van der Waals surface area contributed by atoms with Gasteiger partial charge in [-0.2, -0.15) is 0 Å². The number of benzene rings is 2. The van der Waals surface area contributed by atoms with E-state index in [1.807, 2.05) is 0 Å². The summed E-state index contributed by atoms with van der Waals surface area (Å²) in [5.41, 5.74) is 0.621. The molecule has 0 atom stereocenters. The lowest BCUT2D eigenvalue weighted by Gasteiger charge is -2.10. The second-order valence-electron chi connectivity index (χ2n) is 3.97. The third-order valence-electron chi connectivity index (χ3n) is 2.57. The molecule has 0 amide bonds. The molecule has 2 aromatic carbocycles. The molecule has 104 valence electrons. The topological polar surface area (TPSA) is 46.5 Å². The molecule has 0 fully saturated rings. The van der Waals surface area contributed by atoms with Gasteiger partial charge in [0.25, 0.3) is 0 Å². The largest absolute Gasteiger partial charge is 0.488 e. The number of halogens is 3. The average Bonchev–Trinajstić information content (AvgIpc) is 2.37. The Balaban J connectivity index is 2.22. The summed E-state index contributed by atoms with van der Waals surface area (Å²) in [6.45, 7) is 0.0514. The second kappa shape index (κ2) is 6.24. The minimum Gasteiger partial charge on any atom is -0.488 e. The zero-order valence-electron chi connectivity index (χ0n) is 10.1. The molecule has 6 heteroatoms. The van der Waals surface area contributed by atoms with E-state index in [2.05, 4.69) is 15.9 Å². The maximum atomic E-state index is 12.9. The van der Waals surface area contributed by atoms with E-state index in [-0.39, 0.29) is 22.9 Å². The van der Waals surface area contributed by atoms with Crippen LogP contribution in [0, 0.1) is 5.82 Å². The minimum absolute atomic E-state index is 0.0476. The molecule has 2 rings (SSSR count). The van der Waals surface area contributed by atoms with E-state index in [4.69, 9.17) is 21.4 Å². The van der Waals surface area contributed by atoms with Crippen molar-refractivity contribution in [2.24, 2.45) is 0 Å². The number of carboxylic acids is 1. The van der Waals surface area contributed by atoms with Gasteiger partial charge in [0.1, 0.15) is 23.7 Å². The van der Waals surface area contributed by atoms with E-state index in [0.29, 0.717) is 10.0 Å². The molecule has 20 heavy (non-hydrogen) atoms. The first-order valence-corrected chi connectivity index (χ1v) is 6.74. The summed E-state index contributed by atoms with van der Waals surface area (Å²) in [7, 11) is 0. The highest BCUT2D eigenvalue weighted by molar-refractivity contribution is 9.10. The molecule has 1 N–H and O–H groups in total. The predicted octanol–water partition coefficient (Wildman–Crippen LogP) is 4.52. The summed E-state index contributed by atoms with van der Waals surface area (Å²) in [6.07, 6.45) is 0. The lowest BCUT2D eigenvalue weighted by molar-refractivity contribution is 0.0691. The maximum absolute atomic E-state index is 12.9. The summed E-state index contributed by atoms with van der Waals surface area (Å²) in [5, 5.41) is 9.31. The van der Waals surface area contributed by atoms with Crippen molar-refractivity contribution in [2.75, 3.05) is 0 Å². The number of ether oxygens (including phenoxy) is 1. The molecular formula is C14H9BrClFO3. The number of carboxylic acid groups (broad SMARTS) is 1. The number of hydrogen-bond donors (Lipinski definition) is 1. The van der Waals surface area contributed by atoms with Gasteiger partial charge in [0, 0.05) is 10.0 Å².